The van der Waals surface area contributed by atoms with Crippen LogP contribution >= 0.6 is 0 Å². The molecule has 2 amide bonds. The maximum absolute atomic E-state index is 13.0. The number of esters is 2. The van der Waals surface area contributed by atoms with E-state index in [4.69, 9.17) is 9.47 Å². The van der Waals surface area contributed by atoms with Gasteiger partial charge in [-0.15, -0.1) is 0 Å². The van der Waals surface area contributed by atoms with Crippen LogP contribution in [0.3, 0.4) is 0 Å². The van der Waals surface area contributed by atoms with Crippen LogP contribution in [0.4, 0.5) is 5.69 Å². The molecule has 1 fully saturated rings. The van der Waals surface area contributed by atoms with E-state index in [2.05, 4.69) is 5.32 Å². The van der Waals surface area contributed by atoms with Gasteiger partial charge in [-0.2, -0.15) is 0 Å². The summed E-state index contributed by atoms with van der Waals surface area (Å²) in [6, 6.07) is 12.4. The molecule has 1 saturated heterocycles. The molecule has 0 aliphatic carbocycles. The van der Waals surface area contributed by atoms with Crippen LogP contribution in [-0.4, -0.2) is 41.3 Å². The molecule has 0 saturated carbocycles. The fraction of sp³-hybridized carbons (Fsp3) is 0.273. The van der Waals surface area contributed by atoms with E-state index in [1.165, 1.54) is 11.0 Å². The van der Waals surface area contributed by atoms with Crippen LogP contribution in [0.25, 0.3) is 0 Å². The quantitative estimate of drug-likeness (QED) is 0.763. The van der Waals surface area contributed by atoms with Crippen molar-refractivity contribution in [2.24, 2.45) is 0 Å². The van der Waals surface area contributed by atoms with Crippen molar-refractivity contribution in [3.8, 4) is 0 Å². The number of fused-ring (bicyclic) bond motifs is 1. The standard InChI is InChI=1S/C22H20N2O6/c1-2-29-21(27)13-6-5-7-14(12-13)23-19(26)17-10-11-18(25)24(17)20-15-8-3-4-9-16(15)22(28)30-20/h3-9,12,17,20H,2,10-11H2,1H3,(H,23,26)/t17-,20+/m0/s1. The fourth-order valence-electron chi connectivity index (χ4n) is 3.75. The minimum Gasteiger partial charge on any atom is -0.462 e. The van der Waals surface area contributed by atoms with E-state index < -0.39 is 30.1 Å². The van der Waals surface area contributed by atoms with Crippen LogP contribution in [0.5, 0.6) is 0 Å². The largest absolute Gasteiger partial charge is 0.462 e. The molecular formula is C22H20N2O6. The summed E-state index contributed by atoms with van der Waals surface area (Å²) in [6.45, 7) is 1.96. The molecule has 0 unspecified atom stereocenters. The molecular weight excluding hydrogens is 388 g/mol. The summed E-state index contributed by atoms with van der Waals surface area (Å²) >= 11 is 0. The number of amides is 2. The predicted molar refractivity (Wildman–Crippen MR) is 105 cm³/mol. The van der Waals surface area contributed by atoms with Gasteiger partial charge in [-0.25, -0.2) is 9.59 Å². The number of nitrogens with zero attached hydrogens (tertiary/aromatic N) is 1. The fourth-order valence-corrected chi connectivity index (χ4v) is 3.75. The summed E-state index contributed by atoms with van der Waals surface area (Å²) in [7, 11) is 0. The summed E-state index contributed by atoms with van der Waals surface area (Å²) in [5, 5.41) is 2.75. The molecule has 8 nitrogen and oxygen atoms in total. The third-order valence-electron chi connectivity index (χ3n) is 5.12. The Kier molecular flexibility index (Phi) is 5.22. The summed E-state index contributed by atoms with van der Waals surface area (Å²) < 4.78 is 10.4. The molecule has 0 bridgehead atoms. The smallest absolute Gasteiger partial charge is 0.340 e. The lowest BCUT2D eigenvalue weighted by Crippen LogP contribution is -2.43. The van der Waals surface area contributed by atoms with Gasteiger partial charge in [0, 0.05) is 17.7 Å². The van der Waals surface area contributed by atoms with Gasteiger partial charge in [0.2, 0.25) is 18.0 Å². The zero-order valence-corrected chi connectivity index (χ0v) is 16.3. The molecule has 2 aromatic carbocycles. The number of carbonyl (C=O) groups is 4. The zero-order chi connectivity index (χ0) is 21.3. The Morgan fingerprint density at radius 1 is 1.17 bits per heavy atom. The first-order valence-corrected chi connectivity index (χ1v) is 9.68. The summed E-state index contributed by atoms with van der Waals surface area (Å²) in [6.07, 6.45) is -0.444. The molecule has 2 atom stereocenters. The molecule has 2 aromatic rings. The molecule has 2 aliphatic heterocycles. The van der Waals surface area contributed by atoms with Crippen molar-refractivity contribution in [3.05, 3.63) is 65.2 Å². The first-order valence-electron chi connectivity index (χ1n) is 9.68. The van der Waals surface area contributed by atoms with Gasteiger partial charge in [-0.3, -0.25) is 14.5 Å². The second-order valence-corrected chi connectivity index (χ2v) is 6.99. The lowest BCUT2D eigenvalue weighted by atomic mass is 10.1. The van der Waals surface area contributed by atoms with Crippen molar-refractivity contribution in [1.82, 2.24) is 4.90 Å². The Morgan fingerprint density at radius 3 is 2.77 bits per heavy atom. The van der Waals surface area contributed by atoms with Crippen LogP contribution in [0.2, 0.25) is 0 Å². The van der Waals surface area contributed by atoms with Crippen molar-refractivity contribution < 1.29 is 28.7 Å². The molecule has 1 N–H and O–H groups in total. The number of ether oxygens (including phenoxy) is 2. The number of hydrogen-bond acceptors (Lipinski definition) is 6. The third kappa shape index (κ3) is 3.52. The SMILES string of the molecule is CCOC(=O)c1cccc(NC(=O)[C@@H]2CCC(=O)N2[C@@H]2OC(=O)c3ccccc32)c1. The minimum atomic E-state index is -0.926. The summed E-state index contributed by atoms with van der Waals surface area (Å²) in [5.41, 5.74) is 1.68. The average Bonchev–Trinajstić information content (AvgIpc) is 3.28. The van der Waals surface area contributed by atoms with Crippen LogP contribution < -0.4 is 5.32 Å². The van der Waals surface area contributed by atoms with Crippen LogP contribution in [-0.2, 0) is 19.1 Å². The molecule has 0 spiro atoms. The number of hydrogen-bond donors (Lipinski definition) is 1. The maximum Gasteiger partial charge on any atom is 0.340 e. The minimum absolute atomic E-state index is 0.178. The number of anilines is 1. The lowest BCUT2D eigenvalue weighted by molar-refractivity contribution is -0.144. The van der Waals surface area contributed by atoms with Gasteiger partial charge in [-0.05, 0) is 37.6 Å². The maximum atomic E-state index is 13.0. The highest BCUT2D eigenvalue weighted by Crippen LogP contribution is 2.38. The normalized spacial score (nSPS) is 20.0. The van der Waals surface area contributed by atoms with Crippen molar-refractivity contribution in [2.75, 3.05) is 11.9 Å². The topological polar surface area (TPSA) is 102 Å². The number of carbonyl (C=O) groups excluding carboxylic acids is 4. The van der Waals surface area contributed by atoms with Gasteiger partial charge >= 0.3 is 11.9 Å². The van der Waals surface area contributed by atoms with E-state index in [1.807, 2.05) is 0 Å². The molecule has 0 radical (unpaired) electrons. The Labute approximate surface area is 172 Å². The highest BCUT2D eigenvalue weighted by atomic mass is 16.6. The molecule has 154 valence electrons. The van der Waals surface area contributed by atoms with E-state index in [1.54, 1.807) is 49.4 Å². The molecule has 0 aromatic heterocycles. The molecule has 30 heavy (non-hydrogen) atoms. The van der Waals surface area contributed by atoms with E-state index in [9.17, 15) is 19.2 Å². The van der Waals surface area contributed by atoms with Crippen LogP contribution in [0, 0.1) is 0 Å². The van der Waals surface area contributed by atoms with Crippen molar-refractivity contribution >= 4 is 29.4 Å². The van der Waals surface area contributed by atoms with Gasteiger partial charge in [-0.1, -0.05) is 24.3 Å². The Balaban J connectivity index is 1.55. The second-order valence-electron chi connectivity index (χ2n) is 6.99. The van der Waals surface area contributed by atoms with Gasteiger partial charge in [0.1, 0.15) is 6.04 Å². The van der Waals surface area contributed by atoms with Gasteiger partial charge in [0.25, 0.3) is 0 Å². The predicted octanol–water partition coefficient (Wildman–Crippen LogP) is 2.66. The lowest BCUT2D eigenvalue weighted by Gasteiger charge is -2.29. The Bertz CT molecular complexity index is 1030. The first kappa shape index (κ1) is 19.6. The zero-order valence-electron chi connectivity index (χ0n) is 16.3. The van der Waals surface area contributed by atoms with Gasteiger partial charge in [0.15, 0.2) is 0 Å². The average molecular weight is 408 g/mol. The van der Waals surface area contributed by atoms with Crippen molar-refractivity contribution in [1.29, 1.82) is 0 Å². The number of rotatable bonds is 5. The molecule has 8 heteroatoms. The third-order valence-corrected chi connectivity index (χ3v) is 5.12. The first-order chi connectivity index (χ1) is 14.5. The number of cyclic esters (lactones) is 1. The molecule has 2 heterocycles. The highest BCUT2D eigenvalue weighted by Gasteiger charge is 2.46. The number of nitrogens with one attached hydrogen (secondary N) is 1. The Morgan fingerprint density at radius 2 is 1.97 bits per heavy atom. The molecule has 4 rings (SSSR count). The van der Waals surface area contributed by atoms with E-state index in [-0.39, 0.29) is 18.9 Å². The van der Waals surface area contributed by atoms with Crippen molar-refractivity contribution in [2.45, 2.75) is 32.0 Å². The van der Waals surface area contributed by atoms with Gasteiger partial charge in [0.05, 0.1) is 17.7 Å². The van der Waals surface area contributed by atoms with Crippen LogP contribution in [0.1, 0.15) is 52.3 Å². The van der Waals surface area contributed by atoms with Gasteiger partial charge < -0.3 is 14.8 Å². The summed E-state index contributed by atoms with van der Waals surface area (Å²) in [4.78, 5) is 50.9. The number of likely N-dealkylation sites (tertiary alicyclic amines) is 1. The number of benzene rings is 2. The summed E-state index contributed by atoms with van der Waals surface area (Å²) in [5.74, 6) is -1.68. The van der Waals surface area contributed by atoms with Crippen molar-refractivity contribution in [3.63, 3.8) is 0 Å². The highest BCUT2D eigenvalue weighted by molar-refractivity contribution is 6.01. The second kappa shape index (κ2) is 7.98. The van der Waals surface area contributed by atoms with E-state index in [0.717, 1.165) is 0 Å². The van der Waals surface area contributed by atoms with E-state index >= 15 is 0 Å². The van der Waals surface area contributed by atoms with Crippen LogP contribution in [0.15, 0.2) is 48.5 Å². The molecule has 2 aliphatic rings. The van der Waals surface area contributed by atoms with E-state index in [0.29, 0.717) is 28.8 Å². The Hall–Kier alpha value is -3.68. The monoisotopic (exact) mass is 408 g/mol.